The van der Waals surface area contributed by atoms with E-state index in [1.165, 1.54) is 39.9 Å². The van der Waals surface area contributed by atoms with Gasteiger partial charge in [0.05, 0.1) is 0 Å². The van der Waals surface area contributed by atoms with Crippen molar-refractivity contribution >= 4 is 5.97 Å². The Hall–Kier alpha value is -3.07. The summed E-state index contributed by atoms with van der Waals surface area (Å²) < 4.78 is 0. The average molecular weight is 360 g/mol. The highest BCUT2D eigenvalue weighted by molar-refractivity contribution is 5.90. The molecule has 3 rings (SSSR count). The lowest BCUT2D eigenvalue weighted by Gasteiger charge is -2.12. The van der Waals surface area contributed by atoms with Gasteiger partial charge in [-0.2, -0.15) is 0 Å². The average Bonchev–Trinajstić information content (AvgIpc) is 2.61. The Morgan fingerprint density at radius 2 is 1.30 bits per heavy atom. The predicted molar refractivity (Wildman–Crippen MR) is 108 cm³/mol. The van der Waals surface area contributed by atoms with E-state index in [1.54, 1.807) is 6.07 Å². The third-order valence-electron chi connectivity index (χ3n) is 4.94. The van der Waals surface area contributed by atoms with Gasteiger partial charge >= 0.3 is 5.97 Å². The van der Waals surface area contributed by atoms with Crippen LogP contribution >= 0.6 is 0 Å². The molecular formula is C24H24O3. The minimum atomic E-state index is -1.12. The second kappa shape index (κ2) is 7.67. The first-order chi connectivity index (χ1) is 12.8. The zero-order valence-electron chi connectivity index (χ0n) is 15.9. The summed E-state index contributed by atoms with van der Waals surface area (Å²) in [7, 11) is 0. The molecule has 0 aliphatic carbocycles. The number of rotatable bonds is 5. The highest BCUT2D eigenvalue weighted by Crippen LogP contribution is 2.22. The lowest BCUT2D eigenvalue weighted by molar-refractivity contribution is 0.0693. The number of aromatic carboxylic acids is 1. The Kier molecular flexibility index (Phi) is 5.31. The summed E-state index contributed by atoms with van der Waals surface area (Å²) in [5, 5.41) is 18.8. The predicted octanol–water partition coefficient (Wildman–Crippen LogP) is 5.20. The molecule has 0 heterocycles. The molecule has 0 saturated heterocycles. The standard InChI is InChI=1S/C24H24O3/c1-15-10-16(2)21(17(3)11-15)13-19-6-4-18(5-7-19)12-20-8-9-23(25)22(14-20)24(26)27/h4-11,14,25H,12-13H2,1-3H3,(H,26,27). The second-order valence-corrected chi connectivity index (χ2v) is 7.20. The van der Waals surface area contributed by atoms with Crippen LogP contribution < -0.4 is 0 Å². The zero-order valence-corrected chi connectivity index (χ0v) is 15.9. The van der Waals surface area contributed by atoms with Gasteiger partial charge in [-0.15, -0.1) is 0 Å². The number of benzene rings is 3. The van der Waals surface area contributed by atoms with E-state index in [-0.39, 0.29) is 11.3 Å². The number of hydrogen-bond acceptors (Lipinski definition) is 2. The fourth-order valence-electron chi connectivity index (χ4n) is 3.57. The van der Waals surface area contributed by atoms with Gasteiger partial charge in [-0.25, -0.2) is 4.79 Å². The normalized spacial score (nSPS) is 10.8. The molecule has 3 heteroatoms. The fourth-order valence-corrected chi connectivity index (χ4v) is 3.57. The minimum Gasteiger partial charge on any atom is -0.507 e. The number of aryl methyl sites for hydroxylation is 3. The summed E-state index contributed by atoms with van der Waals surface area (Å²) in [5.41, 5.74) is 8.47. The van der Waals surface area contributed by atoms with E-state index in [1.807, 2.05) is 0 Å². The smallest absolute Gasteiger partial charge is 0.339 e. The first kappa shape index (κ1) is 18.7. The van der Waals surface area contributed by atoms with E-state index in [2.05, 4.69) is 57.2 Å². The molecule has 3 aromatic carbocycles. The maximum atomic E-state index is 11.2. The molecule has 0 aliphatic heterocycles. The third kappa shape index (κ3) is 4.37. The number of carbonyl (C=O) groups is 1. The fraction of sp³-hybridized carbons (Fsp3) is 0.208. The van der Waals surface area contributed by atoms with Crippen molar-refractivity contribution in [2.75, 3.05) is 0 Å². The number of aromatic hydroxyl groups is 1. The van der Waals surface area contributed by atoms with Crippen molar-refractivity contribution in [3.8, 4) is 5.75 Å². The van der Waals surface area contributed by atoms with Crippen LogP contribution in [0.5, 0.6) is 5.75 Å². The molecule has 0 saturated carbocycles. The van der Waals surface area contributed by atoms with Crippen LogP contribution in [0, 0.1) is 20.8 Å². The van der Waals surface area contributed by atoms with Gasteiger partial charge in [-0.3, -0.25) is 0 Å². The molecule has 0 aliphatic rings. The lowest BCUT2D eigenvalue weighted by atomic mass is 9.93. The van der Waals surface area contributed by atoms with E-state index in [0.29, 0.717) is 6.42 Å². The molecule has 0 aromatic heterocycles. The molecule has 0 unspecified atom stereocenters. The molecule has 0 atom stereocenters. The minimum absolute atomic E-state index is 0.0607. The highest BCUT2D eigenvalue weighted by atomic mass is 16.4. The molecule has 0 radical (unpaired) electrons. The van der Waals surface area contributed by atoms with Crippen molar-refractivity contribution in [2.24, 2.45) is 0 Å². The van der Waals surface area contributed by atoms with Crippen LogP contribution in [0.3, 0.4) is 0 Å². The second-order valence-electron chi connectivity index (χ2n) is 7.20. The maximum Gasteiger partial charge on any atom is 0.339 e. The van der Waals surface area contributed by atoms with Gasteiger partial charge in [-0.05, 0) is 79.1 Å². The molecule has 0 fully saturated rings. The van der Waals surface area contributed by atoms with Crippen LogP contribution in [0.15, 0.2) is 54.6 Å². The van der Waals surface area contributed by atoms with Gasteiger partial charge in [0.15, 0.2) is 0 Å². The number of carboxylic acids is 1. The van der Waals surface area contributed by atoms with Crippen molar-refractivity contribution < 1.29 is 15.0 Å². The summed E-state index contributed by atoms with van der Waals surface area (Å²) in [4.78, 5) is 11.2. The summed E-state index contributed by atoms with van der Waals surface area (Å²) >= 11 is 0. The Morgan fingerprint density at radius 3 is 1.85 bits per heavy atom. The van der Waals surface area contributed by atoms with Crippen molar-refractivity contribution in [1.29, 1.82) is 0 Å². The summed E-state index contributed by atoms with van der Waals surface area (Å²) in [6.07, 6.45) is 1.53. The van der Waals surface area contributed by atoms with E-state index in [4.69, 9.17) is 5.11 Å². The SMILES string of the molecule is Cc1cc(C)c(Cc2ccc(Cc3ccc(O)c(C(=O)O)c3)cc2)c(C)c1. The quantitative estimate of drug-likeness (QED) is 0.658. The first-order valence-corrected chi connectivity index (χ1v) is 9.03. The molecule has 0 amide bonds. The van der Waals surface area contributed by atoms with Crippen molar-refractivity contribution in [2.45, 2.75) is 33.6 Å². The monoisotopic (exact) mass is 360 g/mol. The largest absolute Gasteiger partial charge is 0.507 e. The molecular weight excluding hydrogens is 336 g/mol. The Morgan fingerprint density at radius 1 is 0.778 bits per heavy atom. The molecule has 3 aromatic rings. The number of carboxylic acid groups (broad SMARTS) is 1. The first-order valence-electron chi connectivity index (χ1n) is 9.03. The topological polar surface area (TPSA) is 57.5 Å². The summed E-state index contributed by atoms with van der Waals surface area (Å²) in [6.45, 7) is 6.45. The Bertz CT molecular complexity index is 962. The van der Waals surface area contributed by atoms with Crippen molar-refractivity contribution in [1.82, 2.24) is 0 Å². The van der Waals surface area contributed by atoms with E-state index in [9.17, 15) is 9.90 Å². The molecule has 0 bridgehead atoms. The summed E-state index contributed by atoms with van der Waals surface area (Å²) in [6, 6.07) is 17.6. The Balaban J connectivity index is 1.77. The zero-order chi connectivity index (χ0) is 19.6. The molecule has 138 valence electrons. The van der Waals surface area contributed by atoms with Gasteiger partial charge < -0.3 is 10.2 Å². The van der Waals surface area contributed by atoms with Crippen molar-refractivity contribution in [3.63, 3.8) is 0 Å². The number of hydrogen-bond donors (Lipinski definition) is 2. The van der Waals surface area contributed by atoms with Crippen LogP contribution in [-0.2, 0) is 12.8 Å². The molecule has 2 N–H and O–H groups in total. The van der Waals surface area contributed by atoms with Crippen LogP contribution in [0.1, 0.15) is 49.3 Å². The van der Waals surface area contributed by atoms with Gasteiger partial charge in [0.1, 0.15) is 11.3 Å². The van der Waals surface area contributed by atoms with Gasteiger partial charge in [-0.1, -0.05) is 48.0 Å². The number of phenols is 1. The van der Waals surface area contributed by atoms with Crippen LogP contribution in [0.2, 0.25) is 0 Å². The lowest BCUT2D eigenvalue weighted by Crippen LogP contribution is -1.99. The summed E-state index contributed by atoms with van der Waals surface area (Å²) in [5.74, 6) is -1.32. The Labute approximate surface area is 159 Å². The van der Waals surface area contributed by atoms with E-state index in [0.717, 1.165) is 17.5 Å². The van der Waals surface area contributed by atoms with E-state index < -0.39 is 5.97 Å². The molecule has 0 spiro atoms. The van der Waals surface area contributed by atoms with Gasteiger partial charge in [0.25, 0.3) is 0 Å². The highest BCUT2D eigenvalue weighted by Gasteiger charge is 2.10. The van der Waals surface area contributed by atoms with Gasteiger partial charge in [0.2, 0.25) is 0 Å². The third-order valence-corrected chi connectivity index (χ3v) is 4.94. The van der Waals surface area contributed by atoms with Crippen LogP contribution in [0.25, 0.3) is 0 Å². The van der Waals surface area contributed by atoms with Crippen LogP contribution in [-0.4, -0.2) is 16.2 Å². The van der Waals surface area contributed by atoms with E-state index >= 15 is 0 Å². The molecule has 3 nitrogen and oxygen atoms in total. The molecule has 27 heavy (non-hydrogen) atoms. The maximum absolute atomic E-state index is 11.2. The van der Waals surface area contributed by atoms with Crippen molar-refractivity contribution in [3.05, 3.63) is 99.1 Å². The van der Waals surface area contributed by atoms with Gasteiger partial charge in [0, 0.05) is 0 Å². The van der Waals surface area contributed by atoms with Crippen LogP contribution in [0.4, 0.5) is 0 Å².